The number of nitrogens with zero attached hydrogens (tertiary/aromatic N) is 2. The molecule has 1 atom stereocenters. The van der Waals surface area contributed by atoms with Crippen LogP contribution in [0.2, 0.25) is 0 Å². The summed E-state index contributed by atoms with van der Waals surface area (Å²) in [5.74, 6) is 0. The van der Waals surface area contributed by atoms with E-state index in [-0.39, 0.29) is 6.04 Å². The number of hydrogen-bond donors (Lipinski definition) is 1. The summed E-state index contributed by atoms with van der Waals surface area (Å²) in [5, 5.41) is 4.48. The summed E-state index contributed by atoms with van der Waals surface area (Å²) < 4.78 is 2.06. The van der Waals surface area contributed by atoms with Crippen molar-refractivity contribution < 1.29 is 0 Å². The van der Waals surface area contributed by atoms with Gasteiger partial charge in [0.2, 0.25) is 0 Å². The molecule has 0 unspecified atom stereocenters. The van der Waals surface area contributed by atoms with Crippen molar-refractivity contribution in [2.24, 2.45) is 5.73 Å². The maximum absolute atomic E-state index is 5.75. The molecule has 1 aromatic rings. The van der Waals surface area contributed by atoms with Crippen molar-refractivity contribution in [1.82, 2.24) is 9.78 Å². The molecule has 0 aromatic carbocycles. The molecule has 0 spiro atoms. The van der Waals surface area contributed by atoms with Crippen LogP contribution in [0.5, 0.6) is 0 Å². The SMILES string of the molecule is CCn1nc(C)c(CC[C@@H](C)N)c1C. The van der Waals surface area contributed by atoms with Crippen molar-refractivity contribution in [2.75, 3.05) is 0 Å². The fourth-order valence-corrected chi connectivity index (χ4v) is 1.78. The monoisotopic (exact) mass is 195 g/mol. The minimum absolute atomic E-state index is 0.277. The Morgan fingerprint density at radius 1 is 1.43 bits per heavy atom. The molecule has 80 valence electrons. The zero-order valence-corrected chi connectivity index (χ0v) is 9.67. The molecule has 1 heterocycles. The van der Waals surface area contributed by atoms with Crippen LogP contribution in [-0.4, -0.2) is 15.8 Å². The van der Waals surface area contributed by atoms with Gasteiger partial charge in [0.15, 0.2) is 0 Å². The van der Waals surface area contributed by atoms with E-state index in [1.807, 2.05) is 0 Å². The average Bonchev–Trinajstić information content (AvgIpc) is 2.39. The predicted octanol–water partition coefficient (Wildman–Crippen LogP) is 1.80. The van der Waals surface area contributed by atoms with Crippen molar-refractivity contribution in [3.8, 4) is 0 Å². The molecule has 14 heavy (non-hydrogen) atoms. The van der Waals surface area contributed by atoms with Gasteiger partial charge in [-0.3, -0.25) is 4.68 Å². The van der Waals surface area contributed by atoms with Crippen LogP contribution in [0.15, 0.2) is 0 Å². The highest BCUT2D eigenvalue weighted by Crippen LogP contribution is 2.15. The van der Waals surface area contributed by atoms with Gasteiger partial charge in [-0.1, -0.05) is 0 Å². The summed E-state index contributed by atoms with van der Waals surface area (Å²) in [4.78, 5) is 0. The van der Waals surface area contributed by atoms with E-state index in [1.54, 1.807) is 0 Å². The zero-order chi connectivity index (χ0) is 10.7. The summed E-state index contributed by atoms with van der Waals surface area (Å²) in [7, 11) is 0. The lowest BCUT2D eigenvalue weighted by Crippen LogP contribution is -2.15. The Morgan fingerprint density at radius 2 is 2.07 bits per heavy atom. The van der Waals surface area contributed by atoms with Gasteiger partial charge in [-0.25, -0.2) is 0 Å². The summed E-state index contributed by atoms with van der Waals surface area (Å²) in [6.07, 6.45) is 2.09. The van der Waals surface area contributed by atoms with Crippen LogP contribution in [0.4, 0.5) is 0 Å². The van der Waals surface area contributed by atoms with Crippen LogP contribution in [0.3, 0.4) is 0 Å². The van der Waals surface area contributed by atoms with Crippen LogP contribution < -0.4 is 5.73 Å². The molecule has 1 rings (SSSR count). The summed E-state index contributed by atoms with van der Waals surface area (Å²) in [6.45, 7) is 9.34. The Labute approximate surface area is 86.3 Å². The third-order valence-corrected chi connectivity index (χ3v) is 2.68. The Hall–Kier alpha value is -0.830. The molecular formula is C11H21N3. The van der Waals surface area contributed by atoms with Gasteiger partial charge in [-0.05, 0) is 46.1 Å². The Morgan fingerprint density at radius 3 is 2.50 bits per heavy atom. The molecule has 0 aliphatic rings. The molecule has 2 N–H and O–H groups in total. The fraction of sp³-hybridized carbons (Fsp3) is 0.727. The third kappa shape index (κ3) is 2.35. The topological polar surface area (TPSA) is 43.8 Å². The highest BCUT2D eigenvalue weighted by atomic mass is 15.3. The van der Waals surface area contributed by atoms with Gasteiger partial charge in [0.25, 0.3) is 0 Å². The van der Waals surface area contributed by atoms with Gasteiger partial charge in [0.05, 0.1) is 5.69 Å². The van der Waals surface area contributed by atoms with Crippen molar-refractivity contribution in [3.05, 3.63) is 17.0 Å². The van der Waals surface area contributed by atoms with Crippen LogP contribution >= 0.6 is 0 Å². The molecule has 1 aromatic heterocycles. The van der Waals surface area contributed by atoms with E-state index >= 15 is 0 Å². The molecule has 0 aliphatic heterocycles. The van der Waals surface area contributed by atoms with E-state index in [1.165, 1.54) is 11.3 Å². The van der Waals surface area contributed by atoms with Gasteiger partial charge in [0, 0.05) is 18.3 Å². The van der Waals surface area contributed by atoms with Gasteiger partial charge < -0.3 is 5.73 Å². The van der Waals surface area contributed by atoms with Crippen LogP contribution in [0.1, 0.15) is 37.2 Å². The smallest absolute Gasteiger partial charge is 0.0628 e. The molecule has 0 saturated carbocycles. The number of aromatic nitrogens is 2. The number of hydrogen-bond acceptors (Lipinski definition) is 2. The van der Waals surface area contributed by atoms with Crippen LogP contribution in [0.25, 0.3) is 0 Å². The van der Waals surface area contributed by atoms with Gasteiger partial charge in [-0.2, -0.15) is 5.10 Å². The van der Waals surface area contributed by atoms with Crippen molar-refractivity contribution >= 4 is 0 Å². The molecule has 0 bridgehead atoms. The van der Waals surface area contributed by atoms with E-state index in [0.29, 0.717) is 0 Å². The minimum Gasteiger partial charge on any atom is -0.328 e. The first-order valence-electron chi connectivity index (χ1n) is 5.34. The van der Waals surface area contributed by atoms with E-state index < -0.39 is 0 Å². The normalized spacial score (nSPS) is 13.2. The van der Waals surface area contributed by atoms with E-state index in [2.05, 4.69) is 37.5 Å². The van der Waals surface area contributed by atoms with Crippen LogP contribution in [0, 0.1) is 13.8 Å². The molecule has 0 amide bonds. The quantitative estimate of drug-likeness (QED) is 0.796. The van der Waals surface area contributed by atoms with Crippen molar-refractivity contribution in [2.45, 2.75) is 53.1 Å². The van der Waals surface area contributed by atoms with Gasteiger partial charge in [0.1, 0.15) is 0 Å². The lowest BCUT2D eigenvalue weighted by atomic mass is 10.1. The number of nitrogens with two attached hydrogens (primary N) is 1. The highest BCUT2D eigenvalue weighted by Gasteiger charge is 2.10. The second-order valence-corrected chi connectivity index (χ2v) is 3.98. The first kappa shape index (κ1) is 11.2. The van der Waals surface area contributed by atoms with Gasteiger partial charge >= 0.3 is 0 Å². The average molecular weight is 195 g/mol. The standard InChI is InChI=1S/C11H21N3/c1-5-14-10(4)11(9(3)13-14)7-6-8(2)12/h8H,5-7,12H2,1-4H3/t8-/m1/s1. The van der Waals surface area contributed by atoms with E-state index in [4.69, 9.17) is 5.73 Å². The minimum atomic E-state index is 0.277. The summed E-state index contributed by atoms with van der Waals surface area (Å²) >= 11 is 0. The molecule has 3 heteroatoms. The Kier molecular flexibility index (Phi) is 3.69. The first-order chi connectivity index (χ1) is 6.56. The summed E-state index contributed by atoms with van der Waals surface area (Å²) in [5.41, 5.74) is 9.59. The zero-order valence-electron chi connectivity index (χ0n) is 9.67. The maximum atomic E-state index is 5.75. The summed E-state index contributed by atoms with van der Waals surface area (Å²) in [6, 6.07) is 0.277. The largest absolute Gasteiger partial charge is 0.328 e. The second kappa shape index (κ2) is 4.60. The maximum Gasteiger partial charge on any atom is 0.0628 e. The second-order valence-electron chi connectivity index (χ2n) is 3.98. The highest BCUT2D eigenvalue weighted by molar-refractivity contribution is 5.24. The lowest BCUT2D eigenvalue weighted by Gasteiger charge is -2.05. The molecule has 3 nitrogen and oxygen atoms in total. The third-order valence-electron chi connectivity index (χ3n) is 2.68. The van der Waals surface area contributed by atoms with Gasteiger partial charge in [-0.15, -0.1) is 0 Å². The fourth-order valence-electron chi connectivity index (χ4n) is 1.78. The molecule has 0 saturated heterocycles. The number of rotatable bonds is 4. The molecule has 0 fully saturated rings. The molecular weight excluding hydrogens is 174 g/mol. The Balaban J connectivity index is 2.80. The van der Waals surface area contributed by atoms with Crippen LogP contribution in [-0.2, 0) is 13.0 Å². The molecule has 0 radical (unpaired) electrons. The van der Waals surface area contributed by atoms with Crippen molar-refractivity contribution in [1.29, 1.82) is 0 Å². The predicted molar refractivity (Wildman–Crippen MR) is 59.3 cm³/mol. The number of aryl methyl sites for hydroxylation is 2. The first-order valence-corrected chi connectivity index (χ1v) is 5.34. The van der Waals surface area contributed by atoms with E-state index in [9.17, 15) is 0 Å². The lowest BCUT2D eigenvalue weighted by molar-refractivity contribution is 0.630. The molecule has 0 aliphatic carbocycles. The van der Waals surface area contributed by atoms with Crippen molar-refractivity contribution in [3.63, 3.8) is 0 Å². The van der Waals surface area contributed by atoms with E-state index in [0.717, 1.165) is 25.1 Å². The Bertz CT molecular complexity index is 300.